The zero-order valence-electron chi connectivity index (χ0n) is 6.92. The summed E-state index contributed by atoms with van der Waals surface area (Å²) in [5, 5.41) is 3.78. The molecule has 0 spiro atoms. The van der Waals surface area contributed by atoms with E-state index in [1.54, 1.807) is 0 Å². The first-order valence-corrected chi connectivity index (χ1v) is 5.32. The van der Waals surface area contributed by atoms with Crippen LogP contribution in [-0.2, 0) is 10.0 Å². The first-order valence-electron chi connectivity index (χ1n) is 3.40. The van der Waals surface area contributed by atoms with Crippen molar-refractivity contribution in [2.45, 2.75) is 11.3 Å². The van der Waals surface area contributed by atoms with Gasteiger partial charge in [0.25, 0.3) is 6.43 Å². The van der Waals surface area contributed by atoms with E-state index in [1.165, 1.54) is 0 Å². The van der Waals surface area contributed by atoms with Gasteiger partial charge in [0.15, 0.2) is 5.82 Å². The van der Waals surface area contributed by atoms with Gasteiger partial charge in [-0.25, -0.2) is 31.7 Å². The summed E-state index contributed by atoms with van der Waals surface area (Å²) in [5.41, 5.74) is -1.22. The van der Waals surface area contributed by atoms with Crippen LogP contribution in [-0.4, -0.2) is 13.4 Å². The molecule has 0 atom stereocenters. The number of alkyl halides is 2. The molecule has 1 aromatic rings. The second-order valence-corrected chi connectivity index (χ2v) is 4.34. The molecule has 0 saturated heterocycles. The van der Waals surface area contributed by atoms with Crippen LogP contribution in [0.5, 0.6) is 0 Å². The van der Waals surface area contributed by atoms with Crippen LogP contribution in [0.3, 0.4) is 0 Å². The molecule has 2 N–H and O–H groups in total. The normalized spacial score (nSPS) is 12.1. The smallest absolute Gasteiger partial charge is 0.241 e. The van der Waals surface area contributed by atoms with E-state index in [0.29, 0.717) is 6.20 Å². The molecular weight excluding hydrogens is 257 g/mol. The molecule has 0 aliphatic carbocycles. The molecule has 0 unspecified atom stereocenters. The van der Waals surface area contributed by atoms with Gasteiger partial charge in [-0.3, -0.25) is 0 Å². The maximum absolute atomic E-state index is 13.0. The third-order valence-corrected chi connectivity index (χ3v) is 2.76. The standard InChI is InChI=1S/C6H4ClF3N2O2S/c7-5-3(6(9)10)4(15(11,13)14)2(8)1-12-5/h1,6H,(H2,11,13,14). The fraction of sp³-hybridized carbons (Fsp3) is 0.167. The van der Waals surface area contributed by atoms with Crippen molar-refractivity contribution in [2.75, 3.05) is 0 Å². The lowest BCUT2D eigenvalue weighted by molar-refractivity contribution is 0.146. The van der Waals surface area contributed by atoms with Gasteiger partial charge in [0.2, 0.25) is 10.0 Å². The van der Waals surface area contributed by atoms with E-state index in [9.17, 15) is 21.6 Å². The molecule has 1 heterocycles. The highest BCUT2D eigenvalue weighted by atomic mass is 35.5. The Morgan fingerprint density at radius 3 is 2.33 bits per heavy atom. The zero-order chi connectivity index (χ0) is 11.8. The molecule has 0 bridgehead atoms. The van der Waals surface area contributed by atoms with Crippen LogP contribution in [0.1, 0.15) is 12.0 Å². The van der Waals surface area contributed by atoms with Crippen molar-refractivity contribution < 1.29 is 21.6 Å². The Morgan fingerprint density at radius 1 is 1.47 bits per heavy atom. The molecule has 0 fully saturated rings. The van der Waals surface area contributed by atoms with Gasteiger partial charge in [-0.1, -0.05) is 11.6 Å². The van der Waals surface area contributed by atoms with Crippen LogP contribution in [0.4, 0.5) is 13.2 Å². The minimum absolute atomic E-state index is 0.411. The number of pyridine rings is 1. The number of hydrogen-bond donors (Lipinski definition) is 1. The SMILES string of the molecule is NS(=O)(=O)c1c(F)cnc(Cl)c1C(F)F. The maximum Gasteiger partial charge on any atom is 0.268 e. The summed E-state index contributed by atoms with van der Waals surface area (Å²) in [6.07, 6.45) is -2.87. The Kier molecular flexibility index (Phi) is 3.22. The summed E-state index contributed by atoms with van der Waals surface area (Å²) in [7, 11) is -4.61. The van der Waals surface area contributed by atoms with Gasteiger partial charge in [-0.15, -0.1) is 0 Å². The monoisotopic (exact) mass is 260 g/mol. The number of sulfonamides is 1. The molecule has 0 saturated carbocycles. The van der Waals surface area contributed by atoms with Gasteiger partial charge in [0, 0.05) is 0 Å². The minimum atomic E-state index is -4.61. The molecule has 15 heavy (non-hydrogen) atoms. The highest BCUT2D eigenvalue weighted by molar-refractivity contribution is 7.89. The average molecular weight is 261 g/mol. The van der Waals surface area contributed by atoms with Crippen molar-refractivity contribution >= 4 is 21.6 Å². The summed E-state index contributed by atoms with van der Waals surface area (Å²) in [6, 6.07) is 0. The first-order chi connectivity index (χ1) is 6.75. The zero-order valence-corrected chi connectivity index (χ0v) is 8.49. The Labute approximate surface area is 87.9 Å². The molecule has 0 radical (unpaired) electrons. The maximum atomic E-state index is 13.0. The van der Waals surface area contributed by atoms with Gasteiger partial charge in [-0.05, 0) is 0 Å². The summed E-state index contributed by atoms with van der Waals surface area (Å²) in [6.45, 7) is 0. The summed E-state index contributed by atoms with van der Waals surface area (Å²) in [5.74, 6) is -1.46. The lowest BCUT2D eigenvalue weighted by atomic mass is 10.3. The lowest BCUT2D eigenvalue weighted by Gasteiger charge is -2.08. The molecule has 0 amide bonds. The highest BCUT2D eigenvalue weighted by Gasteiger charge is 2.28. The third-order valence-electron chi connectivity index (χ3n) is 1.48. The van der Waals surface area contributed by atoms with Crippen molar-refractivity contribution in [3.05, 3.63) is 22.7 Å². The largest absolute Gasteiger partial charge is 0.268 e. The number of nitrogens with two attached hydrogens (primary N) is 1. The predicted octanol–water partition coefficient (Wildman–Crippen LogP) is 1.46. The van der Waals surface area contributed by atoms with Gasteiger partial charge >= 0.3 is 0 Å². The number of hydrogen-bond acceptors (Lipinski definition) is 3. The number of nitrogens with zero attached hydrogens (tertiary/aromatic N) is 1. The van der Waals surface area contributed by atoms with Crippen molar-refractivity contribution in [2.24, 2.45) is 5.14 Å². The lowest BCUT2D eigenvalue weighted by Crippen LogP contribution is -2.17. The Morgan fingerprint density at radius 2 is 2.00 bits per heavy atom. The molecule has 0 aliphatic rings. The van der Waals surface area contributed by atoms with Crippen molar-refractivity contribution in [1.82, 2.24) is 4.98 Å². The van der Waals surface area contributed by atoms with E-state index >= 15 is 0 Å². The van der Waals surface area contributed by atoms with Crippen LogP contribution in [0, 0.1) is 5.82 Å². The second-order valence-electron chi connectivity index (χ2n) is 2.49. The quantitative estimate of drug-likeness (QED) is 0.818. The predicted molar refractivity (Wildman–Crippen MR) is 45.5 cm³/mol. The van der Waals surface area contributed by atoms with Gasteiger partial charge in [0.05, 0.1) is 11.8 Å². The molecular formula is C6H4ClF3N2O2S. The Hall–Kier alpha value is -0.860. The van der Waals surface area contributed by atoms with E-state index in [4.69, 9.17) is 11.6 Å². The van der Waals surface area contributed by atoms with Gasteiger partial charge in [-0.2, -0.15) is 0 Å². The second kappa shape index (κ2) is 3.95. The molecule has 84 valence electrons. The molecule has 1 rings (SSSR count). The van der Waals surface area contributed by atoms with E-state index in [1.807, 2.05) is 0 Å². The molecule has 9 heteroatoms. The van der Waals surface area contributed by atoms with E-state index < -0.39 is 37.9 Å². The molecule has 0 aromatic carbocycles. The molecule has 4 nitrogen and oxygen atoms in total. The summed E-state index contributed by atoms with van der Waals surface area (Å²) < 4.78 is 59.4. The fourth-order valence-electron chi connectivity index (χ4n) is 0.942. The summed E-state index contributed by atoms with van der Waals surface area (Å²) in [4.78, 5) is 1.74. The minimum Gasteiger partial charge on any atom is -0.241 e. The van der Waals surface area contributed by atoms with Crippen molar-refractivity contribution in [1.29, 1.82) is 0 Å². The Balaban J connectivity index is 3.68. The average Bonchev–Trinajstić information content (AvgIpc) is 2.05. The molecule has 0 aliphatic heterocycles. The van der Waals surface area contributed by atoms with Crippen LogP contribution in [0.25, 0.3) is 0 Å². The van der Waals surface area contributed by atoms with E-state index in [-0.39, 0.29) is 0 Å². The fourth-order valence-corrected chi connectivity index (χ4v) is 2.04. The van der Waals surface area contributed by atoms with Crippen molar-refractivity contribution in [3.8, 4) is 0 Å². The number of halogens is 4. The number of primary sulfonamides is 1. The Bertz CT molecular complexity index is 491. The van der Waals surface area contributed by atoms with E-state index in [0.717, 1.165) is 0 Å². The van der Waals surface area contributed by atoms with Crippen LogP contribution in [0.15, 0.2) is 11.1 Å². The molecule has 1 aromatic heterocycles. The van der Waals surface area contributed by atoms with E-state index in [2.05, 4.69) is 10.1 Å². The van der Waals surface area contributed by atoms with Crippen LogP contribution in [0.2, 0.25) is 5.15 Å². The van der Waals surface area contributed by atoms with Crippen LogP contribution < -0.4 is 5.14 Å². The topological polar surface area (TPSA) is 73.1 Å². The summed E-state index contributed by atoms with van der Waals surface area (Å²) >= 11 is 5.22. The number of rotatable bonds is 2. The third kappa shape index (κ3) is 2.39. The highest BCUT2D eigenvalue weighted by Crippen LogP contribution is 2.32. The first kappa shape index (κ1) is 12.2. The van der Waals surface area contributed by atoms with Gasteiger partial charge in [0.1, 0.15) is 10.0 Å². The van der Waals surface area contributed by atoms with Crippen LogP contribution >= 0.6 is 11.6 Å². The number of aromatic nitrogens is 1. The van der Waals surface area contributed by atoms with Gasteiger partial charge < -0.3 is 0 Å². The van der Waals surface area contributed by atoms with Crippen molar-refractivity contribution in [3.63, 3.8) is 0 Å².